The Morgan fingerprint density at radius 2 is 0.885 bits per heavy atom. The molecule has 3 N–H and O–H groups in total. The van der Waals surface area contributed by atoms with Crippen LogP contribution in [0.25, 0.3) is 0 Å². The Morgan fingerprint density at radius 3 is 1.33 bits per heavy atom. The van der Waals surface area contributed by atoms with Crippen LogP contribution in [0, 0.1) is 0 Å². The Hall–Kier alpha value is -1.91. The Bertz CT molecular complexity index is 873. The highest BCUT2D eigenvalue weighted by Crippen LogP contribution is 2.15. The maximum absolute atomic E-state index is 12.3. The fourth-order valence-corrected chi connectivity index (χ4v) is 6.60. The van der Waals surface area contributed by atoms with E-state index in [1.807, 2.05) is 13.0 Å². The third kappa shape index (κ3) is 39.3. The Morgan fingerprint density at radius 1 is 0.500 bits per heavy atom. The van der Waals surface area contributed by atoms with Crippen molar-refractivity contribution < 1.29 is 15.0 Å². The van der Waals surface area contributed by atoms with Crippen molar-refractivity contribution in [1.82, 2.24) is 5.32 Å². The number of amides is 1. The minimum absolute atomic E-state index is 0.0810. The van der Waals surface area contributed by atoms with Gasteiger partial charge in [-0.1, -0.05) is 203 Å². The van der Waals surface area contributed by atoms with E-state index in [0.717, 1.165) is 44.9 Å². The molecule has 0 fully saturated rings. The highest BCUT2D eigenvalue weighted by atomic mass is 16.3. The molecule has 2 atom stereocenters. The van der Waals surface area contributed by atoms with Crippen LogP contribution in [-0.2, 0) is 4.79 Å². The lowest BCUT2D eigenvalue weighted by Gasteiger charge is -2.19. The molecule has 0 bridgehead atoms. The third-order valence-electron chi connectivity index (χ3n) is 10.0. The number of carbonyl (C=O) groups is 1. The van der Waals surface area contributed by atoms with Gasteiger partial charge in [-0.25, -0.2) is 0 Å². The molecule has 0 rings (SSSR count). The topological polar surface area (TPSA) is 69.6 Å². The van der Waals surface area contributed by atoms with Crippen molar-refractivity contribution in [3.63, 3.8) is 0 Å². The van der Waals surface area contributed by atoms with Crippen molar-refractivity contribution in [2.24, 2.45) is 0 Å². The summed E-state index contributed by atoms with van der Waals surface area (Å²) in [5.41, 5.74) is 0. The molecular formula is C48H87NO3. The van der Waals surface area contributed by atoms with Gasteiger partial charge in [0.25, 0.3) is 0 Å². The Balaban J connectivity index is 3.44. The van der Waals surface area contributed by atoms with Gasteiger partial charge in [0.2, 0.25) is 5.91 Å². The maximum atomic E-state index is 12.3. The Kier molecular flexibility index (Phi) is 41.9. The fraction of sp³-hybridized carbons (Fsp3) is 0.771. The van der Waals surface area contributed by atoms with Crippen molar-refractivity contribution in [3.8, 4) is 0 Å². The van der Waals surface area contributed by atoms with E-state index in [1.165, 1.54) is 154 Å². The van der Waals surface area contributed by atoms with Crippen molar-refractivity contribution in [2.75, 3.05) is 6.61 Å². The number of rotatable bonds is 40. The lowest BCUT2D eigenvalue weighted by atomic mass is 10.0. The standard InChI is InChI=1S/C48H87NO3/c1-3-5-7-9-11-13-14-15-16-17-18-19-20-21-22-23-24-25-26-27-28-29-30-31-32-33-34-36-38-40-42-44-48(52)49-46(45-50)47(51)43-41-39-37-35-12-10-8-6-4-2/h4,6,12,14-15,17-18,35,41,43,46-47,50-51H,3,5,7-11,13,16,19-34,36-40,42,44-45H2,1-2H3,(H,49,52)/b6-4+,15-14-,18-17-,35-12+,43-41+. The molecule has 0 aromatic heterocycles. The van der Waals surface area contributed by atoms with Crippen LogP contribution < -0.4 is 5.32 Å². The van der Waals surface area contributed by atoms with Crippen LogP contribution in [0.15, 0.2) is 60.8 Å². The summed E-state index contributed by atoms with van der Waals surface area (Å²) in [5, 5.41) is 22.8. The molecule has 2 unspecified atom stereocenters. The summed E-state index contributed by atoms with van der Waals surface area (Å²) in [6.45, 7) is 4.05. The zero-order valence-corrected chi connectivity index (χ0v) is 34.6. The third-order valence-corrected chi connectivity index (χ3v) is 10.0. The summed E-state index contributed by atoms with van der Waals surface area (Å²) in [4.78, 5) is 12.3. The second-order valence-corrected chi connectivity index (χ2v) is 15.1. The molecule has 0 heterocycles. The van der Waals surface area contributed by atoms with Gasteiger partial charge in [-0.05, 0) is 71.1 Å². The predicted octanol–water partition coefficient (Wildman–Crippen LogP) is 14.1. The molecule has 4 heteroatoms. The van der Waals surface area contributed by atoms with Crippen LogP contribution in [0.5, 0.6) is 0 Å². The largest absolute Gasteiger partial charge is 0.394 e. The number of aliphatic hydroxyl groups is 2. The zero-order valence-electron chi connectivity index (χ0n) is 34.6. The molecule has 52 heavy (non-hydrogen) atoms. The van der Waals surface area contributed by atoms with Crippen molar-refractivity contribution in [2.45, 2.75) is 231 Å². The smallest absolute Gasteiger partial charge is 0.220 e. The first kappa shape index (κ1) is 50.1. The molecule has 0 aliphatic rings. The number of carbonyl (C=O) groups excluding carboxylic acids is 1. The second-order valence-electron chi connectivity index (χ2n) is 15.1. The number of allylic oxidation sites excluding steroid dienone is 9. The minimum atomic E-state index is -0.867. The molecule has 0 saturated carbocycles. The van der Waals surface area contributed by atoms with Gasteiger partial charge in [0.15, 0.2) is 0 Å². The minimum Gasteiger partial charge on any atom is -0.394 e. The van der Waals surface area contributed by atoms with Gasteiger partial charge < -0.3 is 15.5 Å². The molecule has 0 aromatic rings. The van der Waals surface area contributed by atoms with Crippen LogP contribution in [-0.4, -0.2) is 34.9 Å². The Labute approximate surface area is 324 Å². The van der Waals surface area contributed by atoms with E-state index in [4.69, 9.17) is 0 Å². The summed E-state index contributed by atoms with van der Waals surface area (Å²) in [5.74, 6) is -0.0810. The molecule has 1 amide bonds. The van der Waals surface area contributed by atoms with Gasteiger partial charge in [0, 0.05) is 6.42 Å². The summed E-state index contributed by atoms with van der Waals surface area (Å²) >= 11 is 0. The number of unbranched alkanes of at least 4 members (excludes halogenated alkanes) is 26. The summed E-state index contributed by atoms with van der Waals surface area (Å²) in [6, 6.07) is -0.643. The van der Waals surface area contributed by atoms with Gasteiger partial charge in [-0.2, -0.15) is 0 Å². The molecule has 0 radical (unpaired) electrons. The van der Waals surface area contributed by atoms with Gasteiger partial charge in [0.1, 0.15) is 0 Å². The van der Waals surface area contributed by atoms with Gasteiger partial charge in [0.05, 0.1) is 18.8 Å². The first-order chi connectivity index (χ1) is 25.7. The van der Waals surface area contributed by atoms with E-state index in [0.29, 0.717) is 6.42 Å². The molecule has 0 aliphatic carbocycles. The van der Waals surface area contributed by atoms with Crippen molar-refractivity contribution in [3.05, 3.63) is 60.8 Å². The van der Waals surface area contributed by atoms with E-state index in [2.05, 4.69) is 60.8 Å². The SMILES string of the molecule is C/C=C/CC/C=C/CC/C=C/C(O)C(CO)NC(=O)CCCCCCCCCCCCCCCCCCCCC/C=C\C/C=C\CCCCCCC. The number of hydrogen-bond donors (Lipinski definition) is 3. The van der Waals surface area contributed by atoms with Crippen LogP contribution in [0.1, 0.15) is 219 Å². The average molecular weight is 726 g/mol. The van der Waals surface area contributed by atoms with Crippen molar-refractivity contribution >= 4 is 5.91 Å². The van der Waals surface area contributed by atoms with Crippen LogP contribution >= 0.6 is 0 Å². The predicted molar refractivity (Wildman–Crippen MR) is 230 cm³/mol. The highest BCUT2D eigenvalue weighted by molar-refractivity contribution is 5.76. The molecule has 4 nitrogen and oxygen atoms in total. The van der Waals surface area contributed by atoms with Crippen molar-refractivity contribution in [1.29, 1.82) is 0 Å². The van der Waals surface area contributed by atoms with E-state index in [9.17, 15) is 15.0 Å². The normalized spacial score (nSPS) is 13.5. The molecule has 302 valence electrons. The average Bonchev–Trinajstić information content (AvgIpc) is 3.15. The zero-order chi connectivity index (χ0) is 37.8. The summed E-state index contributed by atoms with van der Waals surface area (Å²) in [6.07, 6.45) is 60.9. The highest BCUT2D eigenvalue weighted by Gasteiger charge is 2.17. The van der Waals surface area contributed by atoms with E-state index in [1.54, 1.807) is 6.08 Å². The number of hydrogen-bond acceptors (Lipinski definition) is 3. The monoisotopic (exact) mass is 726 g/mol. The van der Waals surface area contributed by atoms with Crippen LogP contribution in [0.4, 0.5) is 0 Å². The van der Waals surface area contributed by atoms with Gasteiger partial charge >= 0.3 is 0 Å². The fourth-order valence-electron chi connectivity index (χ4n) is 6.60. The molecule has 0 aromatic carbocycles. The van der Waals surface area contributed by atoms with E-state index in [-0.39, 0.29) is 12.5 Å². The van der Waals surface area contributed by atoms with Gasteiger partial charge in [-0.15, -0.1) is 0 Å². The van der Waals surface area contributed by atoms with Crippen LogP contribution in [0.2, 0.25) is 0 Å². The van der Waals surface area contributed by atoms with Gasteiger partial charge in [-0.3, -0.25) is 4.79 Å². The molecule has 0 aliphatic heterocycles. The number of nitrogens with one attached hydrogen (secondary N) is 1. The summed E-state index contributed by atoms with van der Waals surface area (Å²) in [7, 11) is 0. The van der Waals surface area contributed by atoms with E-state index < -0.39 is 12.1 Å². The molecule has 0 saturated heterocycles. The molecule has 0 spiro atoms. The lowest BCUT2D eigenvalue weighted by molar-refractivity contribution is -0.123. The summed E-state index contributed by atoms with van der Waals surface area (Å²) < 4.78 is 0. The second kappa shape index (κ2) is 43.5. The van der Waals surface area contributed by atoms with E-state index >= 15 is 0 Å². The van der Waals surface area contributed by atoms with Crippen LogP contribution in [0.3, 0.4) is 0 Å². The maximum Gasteiger partial charge on any atom is 0.220 e. The first-order valence-electron chi connectivity index (χ1n) is 22.5. The lowest BCUT2D eigenvalue weighted by Crippen LogP contribution is -2.45. The number of aliphatic hydroxyl groups excluding tert-OH is 2. The quantitative estimate of drug-likeness (QED) is 0.0435. The first-order valence-corrected chi connectivity index (χ1v) is 22.5. The molecular weight excluding hydrogens is 639 g/mol.